The van der Waals surface area contributed by atoms with Crippen LogP contribution in [0.25, 0.3) is 17.1 Å². The van der Waals surface area contributed by atoms with E-state index in [4.69, 9.17) is 4.42 Å². The molecule has 0 bridgehead atoms. The second-order valence-corrected chi connectivity index (χ2v) is 5.20. The lowest BCUT2D eigenvalue weighted by Gasteiger charge is -2.01. The number of carbonyl (C=O) groups is 1. The van der Waals surface area contributed by atoms with E-state index in [0.29, 0.717) is 12.3 Å². The summed E-state index contributed by atoms with van der Waals surface area (Å²) >= 11 is 0. The van der Waals surface area contributed by atoms with Crippen LogP contribution in [0, 0.1) is 0 Å². The standard InChI is InChI=1S/C18H19N3O2/c1-2-21-13-14(16-6-3-10-20-18(16)21)9-11-19-17(22)8-7-15-5-4-12-23-15/h3-8,10,12-13H,2,9,11H2,1H3,(H,19,22)/b8-7+. The molecular weight excluding hydrogens is 290 g/mol. The monoisotopic (exact) mass is 309 g/mol. The highest BCUT2D eigenvalue weighted by molar-refractivity contribution is 5.91. The molecule has 0 atom stereocenters. The van der Waals surface area contributed by atoms with Gasteiger partial charge >= 0.3 is 0 Å². The van der Waals surface area contributed by atoms with E-state index in [2.05, 4.69) is 34.1 Å². The summed E-state index contributed by atoms with van der Waals surface area (Å²) in [4.78, 5) is 16.2. The van der Waals surface area contributed by atoms with Crippen molar-refractivity contribution in [1.29, 1.82) is 0 Å². The Hall–Kier alpha value is -2.82. The molecule has 23 heavy (non-hydrogen) atoms. The van der Waals surface area contributed by atoms with Crippen LogP contribution in [0.5, 0.6) is 0 Å². The fourth-order valence-electron chi connectivity index (χ4n) is 2.56. The molecule has 1 N–H and O–H groups in total. The highest BCUT2D eigenvalue weighted by Crippen LogP contribution is 2.19. The first-order valence-electron chi connectivity index (χ1n) is 7.70. The van der Waals surface area contributed by atoms with Crippen LogP contribution in [0.2, 0.25) is 0 Å². The molecule has 0 saturated carbocycles. The molecule has 0 saturated heterocycles. The third-order valence-electron chi connectivity index (χ3n) is 3.69. The van der Waals surface area contributed by atoms with E-state index in [1.165, 1.54) is 11.6 Å². The number of rotatable bonds is 6. The van der Waals surface area contributed by atoms with Crippen molar-refractivity contribution in [3.63, 3.8) is 0 Å². The van der Waals surface area contributed by atoms with Crippen LogP contribution >= 0.6 is 0 Å². The summed E-state index contributed by atoms with van der Waals surface area (Å²) in [6.07, 6.45) is 9.41. The van der Waals surface area contributed by atoms with Gasteiger partial charge < -0.3 is 14.3 Å². The highest BCUT2D eigenvalue weighted by atomic mass is 16.3. The number of hydrogen-bond acceptors (Lipinski definition) is 3. The smallest absolute Gasteiger partial charge is 0.244 e. The number of aryl methyl sites for hydroxylation is 1. The van der Waals surface area contributed by atoms with E-state index in [1.807, 2.05) is 6.07 Å². The zero-order chi connectivity index (χ0) is 16.1. The lowest BCUT2D eigenvalue weighted by atomic mass is 10.1. The molecule has 0 unspecified atom stereocenters. The van der Waals surface area contributed by atoms with Gasteiger partial charge in [-0.15, -0.1) is 0 Å². The Morgan fingerprint density at radius 2 is 2.30 bits per heavy atom. The molecule has 0 radical (unpaired) electrons. The predicted molar refractivity (Wildman–Crippen MR) is 89.9 cm³/mol. The molecule has 0 fully saturated rings. The summed E-state index contributed by atoms with van der Waals surface area (Å²) in [5, 5.41) is 4.04. The molecule has 1 amide bonds. The number of hydrogen-bond donors (Lipinski definition) is 1. The zero-order valence-corrected chi connectivity index (χ0v) is 13.0. The van der Waals surface area contributed by atoms with E-state index in [-0.39, 0.29) is 5.91 Å². The van der Waals surface area contributed by atoms with Gasteiger partial charge in [0.1, 0.15) is 11.4 Å². The summed E-state index contributed by atoms with van der Waals surface area (Å²) in [6, 6.07) is 7.60. The number of nitrogens with one attached hydrogen (secondary N) is 1. The molecule has 0 aliphatic rings. The SMILES string of the molecule is CCn1cc(CCNC(=O)/C=C/c2ccco2)c2cccnc21. The van der Waals surface area contributed by atoms with Crippen LogP contribution < -0.4 is 5.32 Å². The molecule has 0 aliphatic carbocycles. The molecule has 5 heteroatoms. The third-order valence-corrected chi connectivity index (χ3v) is 3.69. The lowest BCUT2D eigenvalue weighted by molar-refractivity contribution is -0.116. The fraction of sp³-hybridized carbons (Fsp3) is 0.222. The molecule has 3 heterocycles. The number of nitrogens with zero attached hydrogens (tertiary/aromatic N) is 2. The van der Waals surface area contributed by atoms with Gasteiger partial charge in [0.25, 0.3) is 0 Å². The number of aromatic nitrogens is 2. The van der Waals surface area contributed by atoms with Gasteiger partial charge in [0.2, 0.25) is 5.91 Å². The van der Waals surface area contributed by atoms with Crippen LogP contribution in [0.15, 0.2) is 53.4 Å². The maximum Gasteiger partial charge on any atom is 0.244 e. The van der Waals surface area contributed by atoms with E-state index >= 15 is 0 Å². The first-order valence-corrected chi connectivity index (χ1v) is 7.70. The van der Waals surface area contributed by atoms with Gasteiger partial charge in [-0.3, -0.25) is 4.79 Å². The number of amides is 1. The summed E-state index contributed by atoms with van der Waals surface area (Å²) in [5.74, 6) is 0.538. The van der Waals surface area contributed by atoms with E-state index in [0.717, 1.165) is 24.0 Å². The minimum Gasteiger partial charge on any atom is -0.465 e. The van der Waals surface area contributed by atoms with Crippen molar-refractivity contribution in [1.82, 2.24) is 14.9 Å². The first kappa shape index (κ1) is 15.1. The van der Waals surface area contributed by atoms with Gasteiger partial charge in [-0.25, -0.2) is 4.98 Å². The topological polar surface area (TPSA) is 60.1 Å². The summed E-state index contributed by atoms with van der Waals surface area (Å²) in [6.45, 7) is 3.56. The number of carbonyl (C=O) groups excluding carboxylic acids is 1. The Morgan fingerprint density at radius 1 is 1.39 bits per heavy atom. The van der Waals surface area contributed by atoms with Gasteiger partial charge in [0.05, 0.1) is 6.26 Å². The van der Waals surface area contributed by atoms with E-state index in [9.17, 15) is 4.79 Å². The third kappa shape index (κ3) is 3.51. The maximum atomic E-state index is 11.8. The van der Waals surface area contributed by atoms with Gasteiger partial charge in [-0.1, -0.05) is 0 Å². The van der Waals surface area contributed by atoms with Crippen molar-refractivity contribution in [3.8, 4) is 0 Å². The van der Waals surface area contributed by atoms with Crippen LogP contribution in [-0.4, -0.2) is 22.0 Å². The molecule has 3 aromatic rings. The van der Waals surface area contributed by atoms with Gasteiger partial charge in [-0.2, -0.15) is 0 Å². The molecule has 5 nitrogen and oxygen atoms in total. The quantitative estimate of drug-likeness (QED) is 0.712. The average Bonchev–Trinajstić information content (AvgIpc) is 3.21. The van der Waals surface area contributed by atoms with Gasteiger partial charge in [-0.05, 0) is 49.2 Å². The first-order chi connectivity index (χ1) is 11.3. The van der Waals surface area contributed by atoms with E-state index < -0.39 is 0 Å². The predicted octanol–water partition coefficient (Wildman–Crippen LogP) is 3.02. The largest absolute Gasteiger partial charge is 0.465 e. The van der Waals surface area contributed by atoms with Crippen LogP contribution in [0.1, 0.15) is 18.2 Å². The minimum absolute atomic E-state index is 0.126. The van der Waals surface area contributed by atoms with Crippen LogP contribution in [0.4, 0.5) is 0 Å². The van der Waals surface area contributed by atoms with Crippen molar-refractivity contribution in [2.75, 3.05) is 6.54 Å². The number of fused-ring (bicyclic) bond motifs is 1. The molecule has 3 rings (SSSR count). The van der Waals surface area contributed by atoms with Crippen molar-refractivity contribution in [2.24, 2.45) is 0 Å². The number of pyridine rings is 1. The van der Waals surface area contributed by atoms with Crippen LogP contribution in [-0.2, 0) is 17.8 Å². The molecular formula is C18H19N3O2. The van der Waals surface area contributed by atoms with Gasteiger partial charge in [0.15, 0.2) is 0 Å². The molecule has 118 valence electrons. The van der Waals surface area contributed by atoms with Crippen LogP contribution in [0.3, 0.4) is 0 Å². The van der Waals surface area contributed by atoms with Crippen molar-refractivity contribution in [3.05, 3.63) is 60.3 Å². The Bertz CT molecular complexity index is 816. The Labute approximate surface area is 134 Å². The fourth-order valence-corrected chi connectivity index (χ4v) is 2.56. The Balaban J connectivity index is 1.59. The normalized spacial score (nSPS) is 11.3. The van der Waals surface area contributed by atoms with Gasteiger partial charge in [0, 0.05) is 36.9 Å². The van der Waals surface area contributed by atoms with E-state index in [1.54, 1.807) is 30.7 Å². The summed E-state index contributed by atoms with van der Waals surface area (Å²) in [7, 11) is 0. The molecule has 0 aliphatic heterocycles. The zero-order valence-electron chi connectivity index (χ0n) is 13.0. The second kappa shape index (κ2) is 6.96. The Kier molecular flexibility index (Phi) is 4.57. The van der Waals surface area contributed by atoms with Crippen molar-refractivity contribution in [2.45, 2.75) is 19.9 Å². The summed E-state index contributed by atoms with van der Waals surface area (Å²) < 4.78 is 7.27. The van der Waals surface area contributed by atoms with Crippen molar-refractivity contribution < 1.29 is 9.21 Å². The average molecular weight is 309 g/mol. The minimum atomic E-state index is -0.126. The van der Waals surface area contributed by atoms with Crippen molar-refractivity contribution >= 4 is 23.0 Å². The number of furan rings is 1. The Morgan fingerprint density at radius 3 is 3.09 bits per heavy atom. The lowest BCUT2D eigenvalue weighted by Crippen LogP contribution is -2.23. The second-order valence-electron chi connectivity index (χ2n) is 5.20. The maximum absolute atomic E-state index is 11.8. The molecule has 0 spiro atoms. The molecule has 3 aromatic heterocycles. The molecule has 0 aromatic carbocycles. The highest BCUT2D eigenvalue weighted by Gasteiger charge is 2.08. The summed E-state index contributed by atoms with van der Waals surface area (Å²) in [5.41, 5.74) is 2.19.